The van der Waals surface area contributed by atoms with E-state index in [0.717, 1.165) is 37.1 Å². The van der Waals surface area contributed by atoms with Gasteiger partial charge in [0, 0.05) is 13.7 Å². The second-order valence-electron chi connectivity index (χ2n) is 5.68. The molecule has 23 heavy (non-hydrogen) atoms. The van der Waals surface area contributed by atoms with Gasteiger partial charge >= 0.3 is 6.01 Å². The molecule has 0 bridgehead atoms. The topological polar surface area (TPSA) is 60.6 Å². The predicted molar refractivity (Wildman–Crippen MR) is 87.8 cm³/mol. The first-order valence-corrected chi connectivity index (χ1v) is 8.14. The minimum Gasteiger partial charge on any atom is -0.493 e. The zero-order valence-electron chi connectivity index (χ0n) is 13.7. The summed E-state index contributed by atoms with van der Waals surface area (Å²) in [6, 6.07) is 8.63. The molecule has 3 rings (SSSR count). The molecule has 1 aromatic carbocycles. The lowest BCUT2D eigenvalue weighted by Crippen LogP contribution is -2.32. The molecule has 124 valence electrons. The van der Waals surface area contributed by atoms with Crippen LogP contribution in [-0.4, -0.2) is 43.1 Å². The van der Waals surface area contributed by atoms with Crippen LogP contribution in [0.25, 0.3) is 11.5 Å². The smallest absolute Gasteiger partial charge is 0.318 e. The zero-order chi connectivity index (χ0) is 16.1. The van der Waals surface area contributed by atoms with Crippen molar-refractivity contribution in [1.82, 2.24) is 10.2 Å². The van der Waals surface area contributed by atoms with Gasteiger partial charge in [-0.15, -0.1) is 5.10 Å². The minimum absolute atomic E-state index is 0.305. The molecule has 6 heteroatoms. The average molecular weight is 317 g/mol. The van der Waals surface area contributed by atoms with Crippen LogP contribution in [0.5, 0.6) is 5.75 Å². The Morgan fingerprint density at radius 2 is 2.17 bits per heavy atom. The third-order valence-electron chi connectivity index (χ3n) is 3.98. The van der Waals surface area contributed by atoms with Crippen molar-refractivity contribution >= 4 is 6.01 Å². The Kier molecular flexibility index (Phi) is 5.12. The number of benzene rings is 1. The molecule has 2 heterocycles. The SMILES string of the molecule is CCCOc1ccccc1-c1nnc(N2CCC[C@H]2COC)o1. The van der Waals surface area contributed by atoms with E-state index in [1.54, 1.807) is 7.11 Å². The Balaban J connectivity index is 1.82. The summed E-state index contributed by atoms with van der Waals surface area (Å²) in [6.07, 6.45) is 3.15. The van der Waals surface area contributed by atoms with Crippen molar-refractivity contribution in [2.24, 2.45) is 0 Å². The van der Waals surface area contributed by atoms with Gasteiger partial charge in [-0.1, -0.05) is 24.2 Å². The quantitative estimate of drug-likeness (QED) is 0.782. The van der Waals surface area contributed by atoms with Gasteiger partial charge in [0.15, 0.2) is 0 Å². The number of nitrogens with zero attached hydrogens (tertiary/aromatic N) is 3. The second-order valence-corrected chi connectivity index (χ2v) is 5.68. The lowest BCUT2D eigenvalue weighted by molar-refractivity contribution is 0.179. The highest BCUT2D eigenvalue weighted by molar-refractivity contribution is 5.62. The molecule has 0 N–H and O–H groups in total. The highest BCUT2D eigenvalue weighted by Gasteiger charge is 2.29. The van der Waals surface area contributed by atoms with Crippen LogP contribution in [0, 0.1) is 0 Å². The van der Waals surface area contributed by atoms with Gasteiger partial charge in [-0.25, -0.2) is 0 Å². The van der Waals surface area contributed by atoms with Crippen LogP contribution in [0.2, 0.25) is 0 Å². The molecule has 0 spiro atoms. The summed E-state index contributed by atoms with van der Waals surface area (Å²) in [5, 5.41) is 8.44. The monoisotopic (exact) mass is 317 g/mol. The van der Waals surface area contributed by atoms with Gasteiger partial charge < -0.3 is 18.8 Å². The lowest BCUT2D eigenvalue weighted by Gasteiger charge is -2.21. The maximum Gasteiger partial charge on any atom is 0.318 e. The predicted octanol–water partition coefficient (Wildman–Crippen LogP) is 3.14. The van der Waals surface area contributed by atoms with Crippen LogP contribution in [0.1, 0.15) is 26.2 Å². The molecular weight excluding hydrogens is 294 g/mol. The van der Waals surface area contributed by atoms with Crippen molar-refractivity contribution in [3.8, 4) is 17.2 Å². The third-order valence-corrected chi connectivity index (χ3v) is 3.98. The molecule has 0 unspecified atom stereocenters. The van der Waals surface area contributed by atoms with Crippen molar-refractivity contribution < 1.29 is 13.9 Å². The van der Waals surface area contributed by atoms with E-state index in [9.17, 15) is 0 Å². The maximum absolute atomic E-state index is 5.92. The Morgan fingerprint density at radius 1 is 1.30 bits per heavy atom. The summed E-state index contributed by atoms with van der Waals surface area (Å²) in [5.41, 5.74) is 0.835. The molecule has 1 aliphatic rings. The third kappa shape index (κ3) is 3.47. The molecule has 0 saturated carbocycles. The number of anilines is 1. The van der Waals surface area contributed by atoms with E-state index in [2.05, 4.69) is 22.0 Å². The normalized spacial score (nSPS) is 17.7. The number of methoxy groups -OCH3 is 1. The van der Waals surface area contributed by atoms with Crippen LogP contribution in [0.3, 0.4) is 0 Å². The van der Waals surface area contributed by atoms with Crippen LogP contribution in [-0.2, 0) is 4.74 Å². The van der Waals surface area contributed by atoms with Crippen LogP contribution >= 0.6 is 0 Å². The Bertz CT molecular complexity index is 629. The Morgan fingerprint density at radius 3 is 3.00 bits per heavy atom. The summed E-state index contributed by atoms with van der Waals surface area (Å²) in [6.45, 7) is 4.34. The summed E-state index contributed by atoms with van der Waals surface area (Å²) < 4.78 is 17.0. The number of ether oxygens (including phenoxy) is 2. The summed E-state index contributed by atoms with van der Waals surface area (Å²) in [5.74, 6) is 1.27. The number of rotatable bonds is 7. The van der Waals surface area contributed by atoms with E-state index in [0.29, 0.717) is 31.2 Å². The molecule has 1 saturated heterocycles. The van der Waals surface area contributed by atoms with E-state index < -0.39 is 0 Å². The van der Waals surface area contributed by atoms with Gasteiger partial charge in [0.1, 0.15) is 5.75 Å². The van der Waals surface area contributed by atoms with Crippen molar-refractivity contribution in [3.05, 3.63) is 24.3 Å². The lowest BCUT2D eigenvalue weighted by atomic mass is 10.2. The van der Waals surface area contributed by atoms with E-state index in [1.165, 1.54) is 0 Å². The molecule has 1 aliphatic heterocycles. The molecule has 1 fully saturated rings. The molecule has 0 amide bonds. The minimum atomic E-state index is 0.305. The van der Waals surface area contributed by atoms with Gasteiger partial charge in [-0.3, -0.25) is 0 Å². The fraction of sp³-hybridized carbons (Fsp3) is 0.529. The molecule has 0 aliphatic carbocycles. The first kappa shape index (κ1) is 15.8. The molecule has 1 atom stereocenters. The van der Waals surface area contributed by atoms with E-state index >= 15 is 0 Å². The van der Waals surface area contributed by atoms with Crippen molar-refractivity contribution in [1.29, 1.82) is 0 Å². The average Bonchev–Trinajstić information content (AvgIpc) is 3.22. The summed E-state index contributed by atoms with van der Waals surface area (Å²) >= 11 is 0. The molecular formula is C17H23N3O3. The van der Waals surface area contributed by atoms with E-state index in [4.69, 9.17) is 13.9 Å². The van der Waals surface area contributed by atoms with Crippen LogP contribution in [0.4, 0.5) is 6.01 Å². The molecule has 1 aromatic heterocycles. The fourth-order valence-electron chi connectivity index (χ4n) is 2.87. The van der Waals surface area contributed by atoms with E-state index in [1.807, 2.05) is 24.3 Å². The zero-order valence-corrected chi connectivity index (χ0v) is 13.7. The molecule has 2 aromatic rings. The standard InChI is InChI=1S/C17H23N3O3/c1-3-11-22-15-9-5-4-8-14(15)16-18-19-17(23-16)20-10-6-7-13(20)12-21-2/h4-5,8-9,13H,3,6-7,10-12H2,1-2H3/t13-/m0/s1. The van der Waals surface area contributed by atoms with Gasteiger partial charge in [0.25, 0.3) is 5.89 Å². The van der Waals surface area contributed by atoms with Crippen molar-refractivity contribution in [2.75, 3.05) is 31.8 Å². The highest BCUT2D eigenvalue weighted by Crippen LogP contribution is 2.32. The fourth-order valence-corrected chi connectivity index (χ4v) is 2.87. The number of hydrogen-bond acceptors (Lipinski definition) is 6. The molecule has 6 nitrogen and oxygen atoms in total. The number of aromatic nitrogens is 2. The molecule has 0 radical (unpaired) electrons. The van der Waals surface area contributed by atoms with Gasteiger partial charge in [-0.2, -0.15) is 0 Å². The van der Waals surface area contributed by atoms with Gasteiger partial charge in [0.05, 0.1) is 24.8 Å². The number of hydrogen-bond donors (Lipinski definition) is 0. The van der Waals surface area contributed by atoms with Crippen LogP contribution in [0.15, 0.2) is 28.7 Å². The first-order chi connectivity index (χ1) is 11.3. The van der Waals surface area contributed by atoms with Crippen molar-refractivity contribution in [3.63, 3.8) is 0 Å². The highest BCUT2D eigenvalue weighted by atomic mass is 16.5. The Hall–Kier alpha value is -2.08. The van der Waals surface area contributed by atoms with Gasteiger partial charge in [0.2, 0.25) is 0 Å². The first-order valence-electron chi connectivity index (χ1n) is 8.14. The maximum atomic E-state index is 5.92. The Labute approximate surface area is 136 Å². The summed E-state index contributed by atoms with van der Waals surface area (Å²) in [7, 11) is 1.72. The van der Waals surface area contributed by atoms with Crippen molar-refractivity contribution in [2.45, 2.75) is 32.2 Å². The second kappa shape index (κ2) is 7.46. The number of para-hydroxylation sites is 1. The van der Waals surface area contributed by atoms with Crippen LogP contribution < -0.4 is 9.64 Å². The van der Waals surface area contributed by atoms with Gasteiger partial charge in [-0.05, 0) is 31.4 Å². The van der Waals surface area contributed by atoms with E-state index in [-0.39, 0.29) is 0 Å². The summed E-state index contributed by atoms with van der Waals surface area (Å²) in [4.78, 5) is 2.13. The largest absolute Gasteiger partial charge is 0.493 e.